The molecule has 2 N–H and O–H groups in total. The predicted molar refractivity (Wildman–Crippen MR) is 95.9 cm³/mol. The van der Waals surface area contributed by atoms with Gasteiger partial charge < -0.3 is 25.0 Å². The van der Waals surface area contributed by atoms with Crippen LogP contribution in [0.15, 0.2) is 18.2 Å². The number of carbonyl (C=O) groups excluding carboxylic acids is 1. The first kappa shape index (κ1) is 18.5. The fourth-order valence-corrected chi connectivity index (χ4v) is 3.03. The van der Waals surface area contributed by atoms with Crippen LogP contribution in [-0.4, -0.2) is 57.2 Å². The van der Waals surface area contributed by atoms with Crippen LogP contribution in [0, 0.1) is 0 Å². The minimum Gasteiger partial charge on any atom is -0.497 e. The number of carbonyl (C=O) groups is 1. The average Bonchev–Trinajstić information content (AvgIpc) is 2.56. The summed E-state index contributed by atoms with van der Waals surface area (Å²) in [5.41, 5.74) is 0.633. The van der Waals surface area contributed by atoms with Gasteiger partial charge in [0.15, 0.2) is 0 Å². The second-order valence-electron chi connectivity index (χ2n) is 6.46. The Labute approximate surface area is 144 Å². The van der Waals surface area contributed by atoms with Gasteiger partial charge in [-0.1, -0.05) is 0 Å². The summed E-state index contributed by atoms with van der Waals surface area (Å²) in [4.78, 5) is 14.7. The van der Waals surface area contributed by atoms with E-state index >= 15 is 0 Å². The first-order valence-corrected chi connectivity index (χ1v) is 8.48. The molecule has 24 heavy (non-hydrogen) atoms. The molecule has 0 saturated carbocycles. The van der Waals surface area contributed by atoms with Crippen molar-refractivity contribution in [2.45, 2.75) is 38.3 Å². The molecule has 0 bridgehead atoms. The fourth-order valence-electron chi connectivity index (χ4n) is 3.03. The quantitative estimate of drug-likeness (QED) is 0.799. The van der Waals surface area contributed by atoms with Crippen LogP contribution in [0.3, 0.4) is 0 Å². The number of anilines is 1. The second kappa shape index (κ2) is 8.89. The molecule has 1 saturated heterocycles. The van der Waals surface area contributed by atoms with E-state index in [1.165, 1.54) is 0 Å². The largest absolute Gasteiger partial charge is 0.497 e. The number of nitrogens with one attached hydrogen (secondary N) is 2. The highest BCUT2D eigenvalue weighted by Gasteiger charge is 2.19. The van der Waals surface area contributed by atoms with Crippen LogP contribution < -0.4 is 20.1 Å². The predicted octanol–water partition coefficient (Wildman–Crippen LogP) is 2.10. The molecule has 2 rings (SSSR count). The van der Waals surface area contributed by atoms with E-state index in [0.717, 1.165) is 25.9 Å². The van der Waals surface area contributed by atoms with E-state index in [2.05, 4.69) is 29.5 Å². The maximum atomic E-state index is 12.3. The normalized spacial score (nSPS) is 17.3. The average molecular weight is 335 g/mol. The van der Waals surface area contributed by atoms with E-state index in [1.807, 2.05) is 0 Å². The number of methoxy groups -OCH3 is 2. The van der Waals surface area contributed by atoms with Gasteiger partial charge in [-0.05, 0) is 52.0 Å². The zero-order valence-electron chi connectivity index (χ0n) is 15.1. The molecule has 0 aliphatic carbocycles. The van der Waals surface area contributed by atoms with Crippen molar-refractivity contribution in [1.29, 1.82) is 0 Å². The Morgan fingerprint density at radius 2 is 2.00 bits per heavy atom. The van der Waals surface area contributed by atoms with Gasteiger partial charge >= 0.3 is 0 Å². The zero-order valence-corrected chi connectivity index (χ0v) is 15.1. The summed E-state index contributed by atoms with van der Waals surface area (Å²) in [6, 6.07) is 5.99. The number of rotatable bonds is 7. The molecule has 1 atom stereocenters. The third-order valence-corrected chi connectivity index (χ3v) is 4.41. The van der Waals surface area contributed by atoms with E-state index in [9.17, 15) is 4.79 Å². The second-order valence-corrected chi connectivity index (χ2v) is 6.46. The van der Waals surface area contributed by atoms with Gasteiger partial charge in [0.1, 0.15) is 11.5 Å². The highest BCUT2D eigenvalue weighted by Crippen LogP contribution is 2.29. The lowest BCUT2D eigenvalue weighted by molar-refractivity contribution is -0.116. The summed E-state index contributed by atoms with van der Waals surface area (Å²) in [7, 11) is 5.33. The Kier molecular flexibility index (Phi) is 6.87. The minimum atomic E-state index is -0.0329. The van der Waals surface area contributed by atoms with Gasteiger partial charge in [-0.25, -0.2) is 0 Å². The molecule has 134 valence electrons. The lowest BCUT2D eigenvalue weighted by atomic mass is 10.0. The topological polar surface area (TPSA) is 62.8 Å². The summed E-state index contributed by atoms with van der Waals surface area (Å²) in [6.07, 6.45) is 2.69. The molecule has 1 heterocycles. The molecular formula is C18H29N3O3. The number of benzene rings is 1. The summed E-state index contributed by atoms with van der Waals surface area (Å²) < 4.78 is 10.5. The highest BCUT2D eigenvalue weighted by molar-refractivity contribution is 5.92. The van der Waals surface area contributed by atoms with Crippen LogP contribution in [0.2, 0.25) is 0 Å². The fraction of sp³-hybridized carbons (Fsp3) is 0.611. The molecule has 1 fully saturated rings. The van der Waals surface area contributed by atoms with Crippen LogP contribution >= 0.6 is 0 Å². The Hall–Kier alpha value is -1.79. The molecule has 1 amide bonds. The number of hydrogen-bond donors (Lipinski definition) is 2. The third kappa shape index (κ3) is 5.39. The van der Waals surface area contributed by atoms with Crippen molar-refractivity contribution >= 4 is 11.6 Å². The van der Waals surface area contributed by atoms with Crippen LogP contribution in [0.4, 0.5) is 5.69 Å². The molecule has 0 aromatic heterocycles. The molecular weight excluding hydrogens is 306 g/mol. The smallest absolute Gasteiger partial charge is 0.226 e. The highest BCUT2D eigenvalue weighted by atomic mass is 16.5. The Balaban J connectivity index is 1.86. The molecule has 1 aromatic rings. The van der Waals surface area contributed by atoms with Gasteiger partial charge in [-0.15, -0.1) is 0 Å². The first-order chi connectivity index (χ1) is 11.5. The number of hydrogen-bond acceptors (Lipinski definition) is 5. The Bertz CT molecular complexity index is 542. The molecule has 1 aromatic carbocycles. The molecule has 6 nitrogen and oxygen atoms in total. The lowest BCUT2D eigenvalue weighted by Crippen LogP contribution is -2.45. The van der Waals surface area contributed by atoms with Crippen molar-refractivity contribution in [3.63, 3.8) is 0 Å². The van der Waals surface area contributed by atoms with E-state index in [4.69, 9.17) is 9.47 Å². The Morgan fingerprint density at radius 3 is 2.62 bits per heavy atom. The Morgan fingerprint density at radius 1 is 1.29 bits per heavy atom. The van der Waals surface area contributed by atoms with Crippen molar-refractivity contribution in [3.8, 4) is 11.5 Å². The van der Waals surface area contributed by atoms with Crippen molar-refractivity contribution in [3.05, 3.63) is 18.2 Å². The van der Waals surface area contributed by atoms with Gasteiger partial charge in [-0.2, -0.15) is 0 Å². The number of amides is 1. The summed E-state index contributed by atoms with van der Waals surface area (Å²) in [6.45, 7) is 4.27. The van der Waals surface area contributed by atoms with E-state index in [1.54, 1.807) is 32.4 Å². The maximum Gasteiger partial charge on any atom is 0.226 e. The molecule has 1 aliphatic heterocycles. The molecule has 1 unspecified atom stereocenters. The van der Waals surface area contributed by atoms with Gasteiger partial charge in [0.2, 0.25) is 5.91 Å². The van der Waals surface area contributed by atoms with Crippen LogP contribution in [-0.2, 0) is 4.79 Å². The minimum absolute atomic E-state index is 0.0329. The lowest BCUT2D eigenvalue weighted by Gasteiger charge is -2.31. The monoisotopic (exact) mass is 335 g/mol. The van der Waals surface area contributed by atoms with Crippen molar-refractivity contribution in [2.24, 2.45) is 0 Å². The first-order valence-electron chi connectivity index (χ1n) is 8.48. The van der Waals surface area contributed by atoms with Gasteiger partial charge in [0, 0.05) is 24.6 Å². The standard InChI is InChI=1S/C18H29N3O3/c1-13(19-14-7-9-21(2)10-8-14)11-18(22)20-16-12-15(23-3)5-6-17(16)24-4/h5-6,12-14,19H,7-11H2,1-4H3,(H,20,22). The number of ether oxygens (including phenoxy) is 2. The number of nitrogens with zero attached hydrogens (tertiary/aromatic N) is 1. The molecule has 0 spiro atoms. The van der Waals surface area contributed by atoms with Crippen molar-refractivity contribution in [2.75, 3.05) is 39.7 Å². The zero-order chi connectivity index (χ0) is 17.5. The van der Waals surface area contributed by atoms with Gasteiger partial charge in [0.05, 0.1) is 19.9 Å². The summed E-state index contributed by atoms with van der Waals surface area (Å²) >= 11 is 0. The summed E-state index contributed by atoms with van der Waals surface area (Å²) in [5, 5.41) is 6.48. The number of piperidine rings is 1. The van der Waals surface area contributed by atoms with E-state index in [0.29, 0.717) is 29.6 Å². The van der Waals surface area contributed by atoms with Crippen LogP contribution in [0.1, 0.15) is 26.2 Å². The van der Waals surface area contributed by atoms with E-state index < -0.39 is 0 Å². The molecule has 6 heteroatoms. The molecule has 0 radical (unpaired) electrons. The third-order valence-electron chi connectivity index (χ3n) is 4.41. The van der Waals surface area contributed by atoms with E-state index in [-0.39, 0.29) is 11.9 Å². The van der Waals surface area contributed by atoms with Crippen molar-refractivity contribution < 1.29 is 14.3 Å². The maximum absolute atomic E-state index is 12.3. The molecule has 1 aliphatic rings. The van der Waals surface area contributed by atoms with Gasteiger partial charge in [0.25, 0.3) is 0 Å². The van der Waals surface area contributed by atoms with Crippen LogP contribution in [0.25, 0.3) is 0 Å². The number of likely N-dealkylation sites (tertiary alicyclic amines) is 1. The van der Waals surface area contributed by atoms with Crippen LogP contribution in [0.5, 0.6) is 11.5 Å². The summed E-state index contributed by atoms with van der Waals surface area (Å²) in [5.74, 6) is 1.28. The van der Waals surface area contributed by atoms with Gasteiger partial charge in [-0.3, -0.25) is 4.79 Å². The van der Waals surface area contributed by atoms with Crippen molar-refractivity contribution in [1.82, 2.24) is 10.2 Å². The SMILES string of the molecule is COc1ccc(OC)c(NC(=O)CC(C)NC2CCN(C)CC2)c1.